The molecule has 6 aliphatic rings. The van der Waals surface area contributed by atoms with Crippen molar-refractivity contribution in [2.24, 2.45) is 46.3 Å². The quantitative estimate of drug-likeness (QED) is 0.104. The molecule has 3 saturated carbocycles. The maximum absolute atomic E-state index is 13.7. The number of carbonyl (C=O) groups is 1. The zero-order valence-corrected chi connectivity index (χ0v) is 34.4. The van der Waals surface area contributed by atoms with Crippen LogP contribution in [0.25, 0.3) is 6.08 Å². The fourth-order valence-corrected chi connectivity index (χ4v) is 13.2. The predicted molar refractivity (Wildman–Crippen MR) is 220 cm³/mol. The van der Waals surface area contributed by atoms with E-state index in [1.807, 2.05) is 24.3 Å². The maximum atomic E-state index is 13.7. The smallest absolute Gasteiger partial charge is 0.307 e. The van der Waals surface area contributed by atoms with Crippen LogP contribution in [0.4, 0.5) is 11.4 Å². The van der Waals surface area contributed by atoms with Crippen molar-refractivity contribution in [3.63, 3.8) is 0 Å². The average molecular weight is 749 g/mol. The van der Waals surface area contributed by atoms with Gasteiger partial charge in [0.15, 0.2) is 0 Å². The van der Waals surface area contributed by atoms with Crippen LogP contribution in [0.5, 0.6) is 5.75 Å². The molecule has 2 unspecified atom stereocenters. The summed E-state index contributed by atoms with van der Waals surface area (Å²) in [6.45, 7) is 17.3. The number of hydrogen-bond acceptors (Lipinski definition) is 6. The molecule has 0 bridgehead atoms. The highest BCUT2D eigenvalue weighted by atomic mass is 16.6. The van der Waals surface area contributed by atoms with Crippen molar-refractivity contribution in [3.05, 3.63) is 81.4 Å². The van der Waals surface area contributed by atoms with E-state index in [2.05, 4.69) is 71.6 Å². The third-order valence-electron chi connectivity index (χ3n) is 16.2. The summed E-state index contributed by atoms with van der Waals surface area (Å²) in [6, 6.07) is 13.0. The molecule has 2 aliphatic heterocycles. The molecule has 0 N–H and O–H groups in total. The first-order valence-electron chi connectivity index (χ1n) is 21.6. The Morgan fingerprint density at radius 3 is 2.58 bits per heavy atom. The number of anilines is 1. The highest BCUT2D eigenvalue weighted by Crippen LogP contribution is 2.67. The van der Waals surface area contributed by atoms with Crippen LogP contribution < -0.4 is 9.64 Å². The first-order valence-corrected chi connectivity index (χ1v) is 21.6. The molecule has 2 aromatic rings. The molecule has 296 valence electrons. The lowest BCUT2D eigenvalue weighted by Crippen LogP contribution is -2.60. The van der Waals surface area contributed by atoms with Crippen molar-refractivity contribution in [2.45, 2.75) is 143 Å². The minimum atomic E-state index is -0.905. The largest absolute Gasteiger partial charge is 0.463 e. The Kier molecular flexibility index (Phi) is 9.81. The molecule has 9 atom stereocenters. The molecular weight excluding hydrogens is 685 g/mol. The van der Waals surface area contributed by atoms with E-state index >= 15 is 0 Å². The number of esters is 1. The number of benzene rings is 2. The van der Waals surface area contributed by atoms with Crippen LogP contribution >= 0.6 is 0 Å². The first-order chi connectivity index (χ1) is 26.2. The van der Waals surface area contributed by atoms with Crippen molar-refractivity contribution in [2.75, 3.05) is 11.4 Å². The molecule has 1 spiro atoms. The van der Waals surface area contributed by atoms with Crippen LogP contribution in [-0.2, 0) is 14.9 Å². The number of allylic oxidation sites excluding steroid dienone is 1. The molecular formula is C48H64N2O5. The number of rotatable bonds is 10. The van der Waals surface area contributed by atoms with Crippen molar-refractivity contribution in [1.29, 1.82) is 0 Å². The number of ether oxygens (including phenoxy) is 2. The van der Waals surface area contributed by atoms with Crippen LogP contribution in [0.1, 0.15) is 137 Å². The molecule has 7 heteroatoms. The number of fused-ring (bicyclic) bond motifs is 7. The van der Waals surface area contributed by atoms with Gasteiger partial charge in [-0.15, -0.1) is 0 Å². The van der Waals surface area contributed by atoms with Gasteiger partial charge in [-0.1, -0.05) is 83.7 Å². The predicted octanol–water partition coefficient (Wildman–Crippen LogP) is 11.8. The number of nitrogens with zero attached hydrogens (tertiary/aromatic N) is 2. The lowest BCUT2D eigenvalue weighted by molar-refractivity contribution is -0.384. The number of non-ortho nitro benzene ring substituents is 1. The van der Waals surface area contributed by atoms with E-state index < -0.39 is 11.1 Å². The molecule has 0 radical (unpaired) electrons. The summed E-state index contributed by atoms with van der Waals surface area (Å²) in [7, 11) is 0. The SMILES string of the molecule is CC(C)CCC[C@@H](C)[C@H]1CC[C@H]2[C@@H]3CC=C4CC(OC(=O)CCN5c6ccccc6C(C)(C)C56C=Cc5cc([N+](=O)[O-])ccc5O6)CC[C@]4(C)[C@H]3CC[C@]12C. The first kappa shape index (κ1) is 38.3. The monoisotopic (exact) mass is 748 g/mol. The number of para-hydroxylation sites is 1. The second-order valence-corrected chi connectivity index (χ2v) is 19.8. The summed E-state index contributed by atoms with van der Waals surface area (Å²) in [5.41, 5.74) is 3.75. The second-order valence-electron chi connectivity index (χ2n) is 19.8. The fraction of sp³-hybridized carbons (Fsp3) is 0.646. The van der Waals surface area contributed by atoms with E-state index in [0.29, 0.717) is 23.3 Å². The Morgan fingerprint density at radius 1 is 1.00 bits per heavy atom. The van der Waals surface area contributed by atoms with Gasteiger partial charge in [-0.05, 0) is 135 Å². The van der Waals surface area contributed by atoms with Gasteiger partial charge in [-0.2, -0.15) is 0 Å². The summed E-state index contributed by atoms with van der Waals surface area (Å²) in [5, 5.41) is 11.5. The number of carbonyl (C=O) groups excluding carboxylic acids is 1. The van der Waals surface area contributed by atoms with Gasteiger partial charge in [-0.25, -0.2) is 0 Å². The minimum Gasteiger partial charge on any atom is -0.463 e. The Balaban J connectivity index is 0.928. The van der Waals surface area contributed by atoms with Gasteiger partial charge in [-0.3, -0.25) is 14.9 Å². The number of hydrogen-bond donors (Lipinski definition) is 0. The molecule has 2 heterocycles. The highest BCUT2D eigenvalue weighted by molar-refractivity contribution is 5.75. The summed E-state index contributed by atoms with van der Waals surface area (Å²) >= 11 is 0. The summed E-state index contributed by atoms with van der Waals surface area (Å²) in [4.78, 5) is 27.0. The van der Waals surface area contributed by atoms with Gasteiger partial charge in [0.2, 0.25) is 5.72 Å². The molecule has 8 rings (SSSR count). The van der Waals surface area contributed by atoms with Crippen LogP contribution in [0.2, 0.25) is 0 Å². The summed E-state index contributed by atoms with van der Waals surface area (Å²) in [6.07, 6.45) is 20.5. The Morgan fingerprint density at radius 2 is 1.80 bits per heavy atom. The fourth-order valence-electron chi connectivity index (χ4n) is 13.2. The normalized spacial score (nSPS) is 34.5. The molecule has 0 amide bonds. The Labute approximate surface area is 329 Å². The van der Waals surface area contributed by atoms with E-state index in [1.165, 1.54) is 57.4 Å². The molecule has 4 aliphatic carbocycles. The van der Waals surface area contributed by atoms with Gasteiger partial charge in [0, 0.05) is 36.3 Å². The van der Waals surface area contributed by atoms with Crippen LogP contribution in [0, 0.1) is 56.5 Å². The summed E-state index contributed by atoms with van der Waals surface area (Å²) in [5.74, 6) is 5.30. The third-order valence-corrected chi connectivity index (χ3v) is 16.2. The van der Waals surface area contributed by atoms with E-state index in [1.54, 1.807) is 17.7 Å². The van der Waals surface area contributed by atoms with Crippen molar-refractivity contribution in [1.82, 2.24) is 0 Å². The minimum absolute atomic E-state index is 0.0324. The number of nitro benzene ring substituents is 1. The van der Waals surface area contributed by atoms with Gasteiger partial charge in [0.25, 0.3) is 5.69 Å². The van der Waals surface area contributed by atoms with Crippen LogP contribution in [-0.4, -0.2) is 29.3 Å². The zero-order chi connectivity index (χ0) is 38.9. The zero-order valence-electron chi connectivity index (χ0n) is 34.4. The van der Waals surface area contributed by atoms with E-state index in [0.717, 1.165) is 66.0 Å². The van der Waals surface area contributed by atoms with Crippen LogP contribution in [0.3, 0.4) is 0 Å². The van der Waals surface area contributed by atoms with E-state index in [9.17, 15) is 14.9 Å². The molecule has 0 aromatic heterocycles. The van der Waals surface area contributed by atoms with Crippen LogP contribution in [0.15, 0.2) is 60.2 Å². The van der Waals surface area contributed by atoms with E-state index in [-0.39, 0.29) is 34.5 Å². The van der Waals surface area contributed by atoms with Gasteiger partial charge in [0.1, 0.15) is 11.9 Å². The standard InChI is InChI=1S/C48H64N2O5/c1-31(2)11-10-12-32(3)38-18-19-39-37-17-15-34-30-36(22-25-46(34,6)40(37)23-26-47(38,39)7)54-44(51)24-28-49-42-14-9-8-13-41(42)45(4,5)48(49)27-21-33-29-35(50(52)53)16-20-43(33)55-48/h8-9,13-16,20-21,27,29,31-32,36-40H,10-12,17-19,22-26,28,30H2,1-7H3/t32-,36?,37+,38-,39+,40+,46+,47-,48?/m1/s1. The van der Waals surface area contributed by atoms with Crippen molar-refractivity contribution >= 4 is 23.4 Å². The van der Waals surface area contributed by atoms with Gasteiger partial charge >= 0.3 is 5.97 Å². The molecule has 7 nitrogen and oxygen atoms in total. The average Bonchev–Trinajstić information content (AvgIpc) is 3.59. The third kappa shape index (κ3) is 6.25. The van der Waals surface area contributed by atoms with Gasteiger partial charge in [0.05, 0.1) is 16.8 Å². The maximum Gasteiger partial charge on any atom is 0.307 e. The second kappa shape index (κ2) is 14.1. The molecule has 2 aromatic carbocycles. The molecule has 55 heavy (non-hydrogen) atoms. The lowest BCUT2D eigenvalue weighted by Gasteiger charge is -2.58. The summed E-state index contributed by atoms with van der Waals surface area (Å²) < 4.78 is 13.2. The highest BCUT2D eigenvalue weighted by Gasteiger charge is 2.60. The van der Waals surface area contributed by atoms with E-state index in [4.69, 9.17) is 9.47 Å². The number of nitro groups is 1. The Hall–Kier alpha value is -3.61. The lowest BCUT2D eigenvalue weighted by atomic mass is 9.47. The topological polar surface area (TPSA) is 81.9 Å². The molecule has 0 saturated heterocycles. The molecule has 3 fully saturated rings. The van der Waals surface area contributed by atoms with Gasteiger partial charge < -0.3 is 14.4 Å². The Bertz CT molecular complexity index is 1880. The van der Waals surface area contributed by atoms with Crippen molar-refractivity contribution in [3.8, 4) is 5.75 Å². The van der Waals surface area contributed by atoms with Crippen molar-refractivity contribution < 1.29 is 19.2 Å².